The molecular formula is C20H27N5O2. The monoisotopic (exact) mass is 369 g/mol. The van der Waals surface area contributed by atoms with Gasteiger partial charge < -0.3 is 15.4 Å². The molecule has 2 aromatic rings. The Morgan fingerprint density at radius 3 is 2.78 bits per heavy atom. The molecule has 1 saturated heterocycles. The van der Waals surface area contributed by atoms with Gasteiger partial charge in [0.05, 0.1) is 12.3 Å². The maximum absolute atomic E-state index is 12.1. The van der Waals surface area contributed by atoms with Gasteiger partial charge in [-0.25, -0.2) is 14.8 Å². The molecule has 1 fully saturated rings. The van der Waals surface area contributed by atoms with Gasteiger partial charge in [-0.3, -0.25) is 4.90 Å². The summed E-state index contributed by atoms with van der Waals surface area (Å²) in [6.07, 6.45) is 0.935. The summed E-state index contributed by atoms with van der Waals surface area (Å²) in [6.45, 7) is 8.12. The summed E-state index contributed by atoms with van der Waals surface area (Å²) in [7, 11) is 1.65. The van der Waals surface area contributed by atoms with Crippen molar-refractivity contribution < 1.29 is 9.53 Å². The molecule has 2 amide bonds. The maximum Gasteiger partial charge on any atom is 0.321 e. The Hall–Kier alpha value is -2.67. The average molecular weight is 369 g/mol. The highest BCUT2D eigenvalue weighted by molar-refractivity contribution is 5.93. The van der Waals surface area contributed by atoms with E-state index < -0.39 is 0 Å². The van der Waals surface area contributed by atoms with Gasteiger partial charge in [-0.2, -0.15) is 0 Å². The van der Waals surface area contributed by atoms with Crippen molar-refractivity contribution in [3.8, 4) is 0 Å². The molecule has 0 bridgehead atoms. The number of hydrogen-bond donors (Lipinski definition) is 2. The molecule has 3 rings (SSSR count). The van der Waals surface area contributed by atoms with Crippen LogP contribution in [0.15, 0.2) is 30.3 Å². The Bertz CT molecular complexity index is 816. The van der Waals surface area contributed by atoms with Crippen LogP contribution in [0.25, 0.3) is 0 Å². The molecule has 0 unspecified atom stereocenters. The van der Waals surface area contributed by atoms with Crippen molar-refractivity contribution in [2.75, 3.05) is 30.4 Å². The number of hydrogen-bond acceptors (Lipinski definition) is 5. The molecule has 0 atom stereocenters. The Kier molecular flexibility index (Phi) is 5.60. The van der Waals surface area contributed by atoms with E-state index in [-0.39, 0.29) is 11.4 Å². The molecule has 1 aromatic heterocycles. The molecule has 0 aliphatic carbocycles. The predicted molar refractivity (Wildman–Crippen MR) is 107 cm³/mol. The van der Waals surface area contributed by atoms with Crippen LogP contribution in [0.4, 0.5) is 22.0 Å². The Labute approximate surface area is 160 Å². The van der Waals surface area contributed by atoms with E-state index in [9.17, 15) is 4.79 Å². The van der Waals surface area contributed by atoms with Gasteiger partial charge in [0.2, 0.25) is 0 Å². The summed E-state index contributed by atoms with van der Waals surface area (Å²) >= 11 is 0. The van der Waals surface area contributed by atoms with Gasteiger partial charge in [0.15, 0.2) is 0 Å². The first kappa shape index (κ1) is 19.1. The number of anilines is 3. The van der Waals surface area contributed by atoms with Crippen molar-refractivity contribution in [3.63, 3.8) is 0 Å². The number of aromatic nitrogens is 2. The quantitative estimate of drug-likeness (QED) is 0.842. The van der Waals surface area contributed by atoms with Crippen LogP contribution in [-0.2, 0) is 16.8 Å². The molecule has 1 aliphatic heterocycles. The van der Waals surface area contributed by atoms with E-state index in [0.717, 1.165) is 42.4 Å². The minimum absolute atomic E-state index is 0.0576. The molecule has 1 aliphatic rings. The molecule has 1 aromatic carbocycles. The van der Waals surface area contributed by atoms with Crippen molar-refractivity contribution in [3.05, 3.63) is 41.9 Å². The SMILES string of the molecule is COCc1cc(Nc2cccc(N3CCCNC3=O)c2)nc(C(C)(C)C)n1. The van der Waals surface area contributed by atoms with Crippen molar-refractivity contribution in [1.29, 1.82) is 0 Å². The van der Waals surface area contributed by atoms with E-state index in [2.05, 4.69) is 41.4 Å². The van der Waals surface area contributed by atoms with Crippen LogP contribution >= 0.6 is 0 Å². The third-order valence-electron chi connectivity index (χ3n) is 4.25. The lowest BCUT2D eigenvalue weighted by Crippen LogP contribution is -2.46. The minimum Gasteiger partial charge on any atom is -0.378 e. The normalized spacial score (nSPS) is 14.8. The largest absolute Gasteiger partial charge is 0.378 e. The van der Waals surface area contributed by atoms with Crippen LogP contribution in [0.1, 0.15) is 38.7 Å². The van der Waals surface area contributed by atoms with E-state index in [4.69, 9.17) is 4.74 Å². The first-order valence-electron chi connectivity index (χ1n) is 9.16. The number of carbonyl (C=O) groups excluding carboxylic acids is 1. The van der Waals surface area contributed by atoms with Crippen molar-refractivity contribution in [1.82, 2.24) is 15.3 Å². The van der Waals surface area contributed by atoms with E-state index >= 15 is 0 Å². The second kappa shape index (κ2) is 7.92. The fourth-order valence-electron chi connectivity index (χ4n) is 2.89. The van der Waals surface area contributed by atoms with E-state index in [1.807, 2.05) is 30.3 Å². The standard InChI is InChI=1S/C20H27N5O2/c1-20(2,3)18-23-15(13-27-4)12-17(24-18)22-14-7-5-8-16(11-14)25-10-6-9-21-19(25)26/h5,7-8,11-12H,6,9-10,13H2,1-4H3,(H,21,26)(H,22,23,24). The molecule has 144 valence electrons. The third-order valence-corrected chi connectivity index (χ3v) is 4.25. The second-order valence-corrected chi connectivity index (χ2v) is 7.66. The summed E-state index contributed by atoms with van der Waals surface area (Å²) in [5, 5.41) is 6.22. The molecule has 7 nitrogen and oxygen atoms in total. The van der Waals surface area contributed by atoms with Gasteiger partial charge in [-0.05, 0) is 24.6 Å². The lowest BCUT2D eigenvalue weighted by molar-refractivity contribution is 0.181. The molecule has 0 radical (unpaired) electrons. The fourth-order valence-corrected chi connectivity index (χ4v) is 2.89. The maximum atomic E-state index is 12.1. The lowest BCUT2D eigenvalue weighted by Gasteiger charge is -2.27. The number of ether oxygens (including phenoxy) is 1. The van der Waals surface area contributed by atoms with Gasteiger partial charge in [-0.1, -0.05) is 26.8 Å². The van der Waals surface area contributed by atoms with Crippen LogP contribution in [-0.4, -0.2) is 36.2 Å². The zero-order valence-electron chi connectivity index (χ0n) is 16.4. The molecule has 0 spiro atoms. The smallest absolute Gasteiger partial charge is 0.321 e. The Balaban J connectivity index is 1.87. The third kappa shape index (κ3) is 4.74. The highest BCUT2D eigenvalue weighted by Gasteiger charge is 2.21. The van der Waals surface area contributed by atoms with Gasteiger partial charge in [0, 0.05) is 43.1 Å². The predicted octanol–water partition coefficient (Wildman–Crippen LogP) is 3.58. The van der Waals surface area contributed by atoms with Crippen LogP contribution in [0.5, 0.6) is 0 Å². The first-order valence-corrected chi connectivity index (χ1v) is 9.16. The number of nitrogens with zero attached hydrogens (tertiary/aromatic N) is 3. The highest BCUT2D eigenvalue weighted by atomic mass is 16.5. The van der Waals surface area contributed by atoms with Crippen LogP contribution < -0.4 is 15.5 Å². The number of amides is 2. The molecule has 2 N–H and O–H groups in total. The van der Waals surface area contributed by atoms with Gasteiger partial charge in [0.25, 0.3) is 0 Å². The van der Waals surface area contributed by atoms with E-state index in [0.29, 0.717) is 12.4 Å². The summed E-state index contributed by atoms with van der Waals surface area (Å²) in [6, 6.07) is 9.62. The summed E-state index contributed by atoms with van der Waals surface area (Å²) in [4.78, 5) is 23.1. The molecule has 0 saturated carbocycles. The van der Waals surface area contributed by atoms with Crippen LogP contribution in [0.2, 0.25) is 0 Å². The molecule has 27 heavy (non-hydrogen) atoms. The summed E-state index contributed by atoms with van der Waals surface area (Å²) in [5.41, 5.74) is 2.38. The van der Waals surface area contributed by atoms with Crippen LogP contribution in [0.3, 0.4) is 0 Å². The zero-order valence-corrected chi connectivity index (χ0v) is 16.4. The number of nitrogens with one attached hydrogen (secondary N) is 2. The van der Waals surface area contributed by atoms with E-state index in [1.165, 1.54) is 0 Å². The number of urea groups is 1. The summed E-state index contributed by atoms with van der Waals surface area (Å²) < 4.78 is 5.24. The zero-order chi connectivity index (χ0) is 19.4. The summed E-state index contributed by atoms with van der Waals surface area (Å²) in [5.74, 6) is 1.47. The van der Waals surface area contributed by atoms with Crippen molar-refractivity contribution in [2.45, 2.75) is 39.2 Å². The topological polar surface area (TPSA) is 79.4 Å². The molecule has 7 heteroatoms. The van der Waals surface area contributed by atoms with Gasteiger partial charge >= 0.3 is 6.03 Å². The lowest BCUT2D eigenvalue weighted by atomic mass is 9.95. The van der Waals surface area contributed by atoms with Crippen molar-refractivity contribution >= 4 is 23.2 Å². The highest BCUT2D eigenvalue weighted by Crippen LogP contribution is 2.25. The minimum atomic E-state index is -0.173. The molecule has 2 heterocycles. The van der Waals surface area contributed by atoms with Gasteiger partial charge in [0.1, 0.15) is 11.6 Å². The first-order chi connectivity index (χ1) is 12.9. The Morgan fingerprint density at radius 1 is 1.26 bits per heavy atom. The Morgan fingerprint density at radius 2 is 2.07 bits per heavy atom. The fraction of sp³-hybridized carbons (Fsp3) is 0.450. The second-order valence-electron chi connectivity index (χ2n) is 7.66. The van der Waals surface area contributed by atoms with Crippen LogP contribution in [0, 0.1) is 0 Å². The van der Waals surface area contributed by atoms with Gasteiger partial charge in [-0.15, -0.1) is 0 Å². The average Bonchev–Trinajstić information content (AvgIpc) is 2.62. The number of rotatable bonds is 5. The number of carbonyl (C=O) groups is 1. The number of methoxy groups -OCH3 is 1. The van der Waals surface area contributed by atoms with E-state index in [1.54, 1.807) is 12.0 Å². The van der Waals surface area contributed by atoms with Crippen molar-refractivity contribution in [2.24, 2.45) is 0 Å². The number of benzene rings is 1. The molecular weight excluding hydrogens is 342 g/mol.